The second kappa shape index (κ2) is 9.02. The van der Waals surface area contributed by atoms with Gasteiger partial charge in [0, 0.05) is 43.3 Å². The number of carbonyl (C=O) groups is 2. The quantitative estimate of drug-likeness (QED) is 0.861. The summed E-state index contributed by atoms with van der Waals surface area (Å²) in [6.07, 6.45) is 0. The van der Waals surface area contributed by atoms with Gasteiger partial charge in [0.05, 0.1) is 6.54 Å². The number of hydrogen-bond donors (Lipinski definition) is 1. The maximum absolute atomic E-state index is 12.4. The van der Waals surface area contributed by atoms with Crippen LogP contribution in [0.3, 0.4) is 0 Å². The molecule has 2 amide bonds. The van der Waals surface area contributed by atoms with Gasteiger partial charge in [-0.05, 0) is 36.8 Å². The molecule has 1 fully saturated rings. The highest BCUT2D eigenvalue weighted by atomic mass is 35.5. The molecule has 1 aliphatic rings. The van der Waals surface area contributed by atoms with Gasteiger partial charge in [-0.15, -0.1) is 0 Å². The fourth-order valence-corrected chi connectivity index (χ4v) is 3.20. The first-order chi connectivity index (χ1) is 13.0. The third-order valence-corrected chi connectivity index (χ3v) is 5.01. The van der Waals surface area contributed by atoms with Gasteiger partial charge in [0.2, 0.25) is 5.91 Å². The molecule has 1 N–H and O–H groups in total. The molecule has 6 heteroatoms. The molecule has 142 valence electrons. The minimum absolute atomic E-state index is 0.0316. The summed E-state index contributed by atoms with van der Waals surface area (Å²) >= 11 is 5.92. The molecule has 5 nitrogen and oxygen atoms in total. The van der Waals surface area contributed by atoms with E-state index in [2.05, 4.69) is 10.2 Å². The average Bonchev–Trinajstić information content (AvgIpc) is 2.69. The number of nitrogens with zero attached hydrogens (tertiary/aromatic N) is 2. The summed E-state index contributed by atoms with van der Waals surface area (Å²) in [5.41, 5.74) is 2.88. The number of piperazine rings is 1. The highest BCUT2D eigenvalue weighted by molar-refractivity contribution is 6.30. The second-order valence-corrected chi connectivity index (χ2v) is 7.27. The van der Waals surface area contributed by atoms with Crippen LogP contribution in [0.15, 0.2) is 48.5 Å². The SMILES string of the molecule is Cc1ccc(C(=O)NCC(=O)N2CCN(Cc3ccc(Cl)cc3)CC2)cc1. The van der Waals surface area contributed by atoms with E-state index < -0.39 is 0 Å². The summed E-state index contributed by atoms with van der Waals surface area (Å²) in [7, 11) is 0. The Morgan fingerprint density at radius 1 is 0.963 bits per heavy atom. The lowest BCUT2D eigenvalue weighted by atomic mass is 10.1. The van der Waals surface area contributed by atoms with Crippen molar-refractivity contribution >= 4 is 23.4 Å². The van der Waals surface area contributed by atoms with E-state index in [4.69, 9.17) is 11.6 Å². The zero-order chi connectivity index (χ0) is 19.2. The highest BCUT2D eigenvalue weighted by Gasteiger charge is 2.21. The average molecular weight is 386 g/mol. The number of aryl methyl sites for hydroxylation is 1. The molecule has 2 aromatic rings. The van der Waals surface area contributed by atoms with Crippen LogP contribution >= 0.6 is 11.6 Å². The Labute approximate surface area is 164 Å². The first kappa shape index (κ1) is 19.4. The van der Waals surface area contributed by atoms with Gasteiger partial charge >= 0.3 is 0 Å². The van der Waals surface area contributed by atoms with Crippen molar-refractivity contribution in [3.63, 3.8) is 0 Å². The molecular formula is C21H24ClN3O2. The van der Waals surface area contributed by atoms with Gasteiger partial charge < -0.3 is 10.2 Å². The third-order valence-electron chi connectivity index (χ3n) is 4.76. The Morgan fingerprint density at radius 2 is 1.59 bits per heavy atom. The molecule has 0 aromatic heterocycles. The van der Waals surface area contributed by atoms with Crippen molar-refractivity contribution in [1.29, 1.82) is 0 Å². The Morgan fingerprint density at radius 3 is 2.22 bits per heavy atom. The fourth-order valence-electron chi connectivity index (χ4n) is 3.08. The van der Waals surface area contributed by atoms with E-state index in [0.717, 1.165) is 30.2 Å². The summed E-state index contributed by atoms with van der Waals surface area (Å²) in [5.74, 6) is -0.258. The molecule has 0 bridgehead atoms. The molecule has 1 heterocycles. The summed E-state index contributed by atoms with van der Waals surface area (Å²) < 4.78 is 0. The molecule has 0 unspecified atom stereocenters. The van der Waals surface area contributed by atoms with Crippen LogP contribution in [-0.4, -0.2) is 54.3 Å². The van der Waals surface area contributed by atoms with Crippen LogP contribution in [0.1, 0.15) is 21.5 Å². The molecule has 2 aromatic carbocycles. The number of rotatable bonds is 5. The minimum atomic E-state index is -0.218. The fraction of sp³-hybridized carbons (Fsp3) is 0.333. The van der Waals surface area contributed by atoms with Gasteiger partial charge in [-0.2, -0.15) is 0 Å². The van der Waals surface area contributed by atoms with Crippen molar-refractivity contribution in [2.45, 2.75) is 13.5 Å². The monoisotopic (exact) mass is 385 g/mol. The van der Waals surface area contributed by atoms with Crippen molar-refractivity contribution in [3.05, 3.63) is 70.2 Å². The lowest BCUT2D eigenvalue weighted by Crippen LogP contribution is -2.50. The molecule has 27 heavy (non-hydrogen) atoms. The zero-order valence-electron chi connectivity index (χ0n) is 15.5. The predicted octanol–water partition coefficient (Wildman–Crippen LogP) is 2.72. The Bertz CT molecular complexity index is 782. The Hall–Kier alpha value is -2.37. The summed E-state index contributed by atoms with van der Waals surface area (Å²) in [4.78, 5) is 28.6. The lowest BCUT2D eigenvalue weighted by Gasteiger charge is -2.34. The topological polar surface area (TPSA) is 52.7 Å². The molecule has 0 aliphatic carbocycles. The molecule has 1 saturated heterocycles. The van der Waals surface area contributed by atoms with Crippen LogP contribution in [0.5, 0.6) is 0 Å². The number of hydrogen-bond acceptors (Lipinski definition) is 3. The molecule has 0 saturated carbocycles. The summed E-state index contributed by atoms with van der Waals surface area (Å²) in [6.45, 7) is 5.84. The van der Waals surface area contributed by atoms with Crippen molar-refractivity contribution in [1.82, 2.24) is 15.1 Å². The van der Waals surface area contributed by atoms with E-state index in [9.17, 15) is 9.59 Å². The molecule has 1 aliphatic heterocycles. The van der Waals surface area contributed by atoms with Crippen molar-refractivity contribution in [3.8, 4) is 0 Å². The van der Waals surface area contributed by atoms with E-state index >= 15 is 0 Å². The minimum Gasteiger partial charge on any atom is -0.343 e. The smallest absolute Gasteiger partial charge is 0.251 e. The first-order valence-corrected chi connectivity index (χ1v) is 9.48. The van der Waals surface area contributed by atoms with E-state index in [-0.39, 0.29) is 18.4 Å². The van der Waals surface area contributed by atoms with Crippen LogP contribution in [0.25, 0.3) is 0 Å². The Balaban J connectivity index is 1.42. The normalized spacial score (nSPS) is 14.8. The molecule has 3 rings (SSSR count). The van der Waals surface area contributed by atoms with Gasteiger partial charge in [0.25, 0.3) is 5.91 Å². The summed E-state index contributed by atoms with van der Waals surface area (Å²) in [6, 6.07) is 15.2. The molecular weight excluding hydrogens is 362 g/mol. The molecule has 0 spiro atoms. The number of halogens is 1. The van der Waals surface area contributed by atoms with E-state index in [1.165, 1.54) is 5.56 Å². The number of benzene rings is 2. The summed E-state index contributed by atoms with van der Waals surface area (Å²) in [5, 5.41) is 3.45. The first-order valence-electron chi connectivity index (χ1n) is 9.11. The Kier molecular flexibility index (Phi) is 6.48. The van der Waals surface area contributed by atoms with Crippen LogP contribution < -0.4 is 5.32 Å². The third kappa shape index (κ3) is 5.55. The maximum Gasteiger partial charge on any atom is 0.251 e. The molecule has 0 radical (unpaired) electrons. The number of carbonyl (C=O) groups excluding carboxylic acids is 2. The van der Waals surface area contributed by atoms with E-state index in [1.54, 1.807) is 12.1 Å². The van der Waals surface area contributed by atoms with Crippen LogP contribution in [0.2, 0.25) is 5.02 Å². The van der Waals surface area contributed by atoms with Crippen LogP contribution in [0, 0.1) is 6.92 Å². The maximum atomic E-state index is 12.4. The zero-order valence-corrected chi connectivity index (χ0v) is 16.2. The number of nitrogens with one attached hydrogen (secondary N) is 1. The van der Waals surface area contributed by atoms with Crippen molar-refractivity contribution in [2.75, 3.05) is 32.7 Å². The van der Waals surface area contributed by atoms with Gasteiger partial charge in [-0.1, -0.05) is 41.4 Å². The van der Waals surface area contributed by atoms with Gasteiger partial charge in [-0.25, -0.2) is 0 Å². The van der Waals surface area contributed by atoms with E-state index in [1.807, 2.05) is 48.2 Å². The van der Waals surface area contributed by atoms with Crippen molar-refractivity contribution in [2.24, 2.45) is 0 Å². The van der Waals surface area contributed by atoms with Gasteiger partial charge in [0.15, 0.2) is 0 Å². The largest absolute Gasteiger partial charge is 0.343 e. The predicted molar refractivity (Wildman–Crippen MR) is 107 cm³/mol. The number of amides is 2. The standard InChI is InChI=1S/C21H24ClN3O2/c1-16-2-6-18(7-3-16)21(27)23-14-20(26)25-12-10-24(11-13-25)15-17-4-8-19(22)9-5-17/h2-9H,10-15H2,1H3,(H,23,27). The highest BCUT2D eigenvalue weighted by Crippen LogP contribution is 2.13. The van der Waals surface area contributed by atoms with Crippen LogP contribution in [-0.2, 0) is 11.3 Å². The molecule has 0 atom stereocenters. The van der Waals surface area contributed by atoms with Crippen LogP contribution in [0.4, 0.5) is 0 Å². The lowest BCUT2D eigenvalue weighted by molar-refractivity contribution is -0.131. The second-order valence-electron chi connectivity index (χ2n) is 6.83. The van der Waals surface area contributed by atoms with Gasteiger partial charge in [-0.3, -0.25) is 14.5 Å². The van der Waals surface area contributed by atoms with E-state index in [0.29, 0.717) is 18.7 Å². The van der Waals surface area contributed by atoms with Gasteiger partial charge in [0.1, 0.15) is 0 Å². The van der Waals surface area contributed by atoms with Crippen molar-refractivity contribution < 1.29 is 9.59 Å².